The van der Waals surface area contributed by atoms with Crippen molar-refractivity contribution in [1.82, 2.24) is 4.98 Å². The van der Waals surface area contributed by atoms with Crippen LogP contribution in [0.25, 0.3) is 10.9 Å². The van der Waals surface area contributed by atoms with E-state index in [-0.39, 0.29) is 0 Å². The van der Waals surface area contributed by atoms with E-state index in [1.54, 1.807) is 6.20 Å². The van der Waals surface area contributed by atoms with Gasteiger partial charge in [0.15, 0.2) is 0 Å². The second kappa shape index (κ2) is 3.32. The maximum absolute atomic E-state index is 6.04. The number of rotatable bonds is 0. The lowest BCUT2D eigenvalue weighted by molar-refractivity contribution is 1.38. The Morgan fingerprint density at radius 1 is 1.36 bits per heavy atom. The molecule has 0 N–H and O–H groups in total. The Morgan fingerprint density at radius 2 is 2.14 bits per heavy atom. The number of terminal acetylenes is 1. The van der Waals surface area contributed by atoms with Crippen molar-refractivity contribution in [3.8, 4) is 12.3 Å². The van der Waals surface area contributed by atoms with E-state index in [0.29, 0.717) is 5.02 Å². The minimum atomic E-state index is 0.670. The number of benzene rings is 1. The molecule has 0 saturated heterocycles. The Kier molecular flexibility index (Phi) is 2.15. The molecule has 0 unspecified atom stereocenters. The highest BCUT2D eigenvalue weighted by molar-refractivity contribution is 6.35. The van der Waals surface area contributed by atoms with Gasteiger partial charge in [0.25, 0.3) is 0 Å². The van der Waals surface area contributed by atoms with Crippen molar-refractivity contribution in [3.63, 3.8) is 0 Å². The molecule has 0 amide bonds. The highest BCUT2D eigenvalue weighted by Crippen LogP contribution is 2.23. The van der Waals surface area contributed by atoms with Gasteiger partial charge in [0.05, 0.1) is 10.5 Å². The number of nitrogens with zero attached hydrogens (tertiary/aromatic N) is 1. The largest absolute Gasteiger partial charge is 0.253 e. The summed E-state index contributed by atoms with van der Waals surface area (Å²) in [6.45, 7) is 1.99. The van der Waals surface area contributed by atoms with Gasteiger partial charge in [-0.05, 0) is 30.7 Å². The van der Waals surface area contributed by atoms with Gasteiger partial charge in [-0.2, -0.15) is 0 Å². The lowest BCUT2D eigenvalue weighted by atomic mass is 10.1. The van der Waals surface area contributed by atoms with E-state index < -0.39 is 0 Å². The average Bonchev–Trinajstić information content (AvgIpc) is 2.16. The van der Waals surface area contributed by atoms with Crippen molar-refractivity contribution >= 4 is 22.5 Å². The molecule has 0 radical (unpaired) electrons. The third kappa shape index (κ3) is 1.45. The molecule has 2 rings (SSSR count). The molecule has 0 fully saturated rings. The normalized spacial score (nSPS) is 10.1. The van der Waals surface area contributed by atoms with Gasteiger partial charge in [0.1, 0.15) is 0 Å². The molecule has 0 saturated carbocycles. The third-order valence-corrected chi connectivity index (χ3v) is 2.34. The minimum Gasteiger partial charge on any atom is -0.253 e. The molecule has 0 bridgehead atoms. The lowest BCUT2D eigenvalue weighted by Gasteiger charge is -2.02. The Balaban J connectivity index is 2.83. The number of aromatic nitrogens is 1. The molecule has 2 heteroatoms. The maximum atomic E-state index is 6.04. The molecular formula is C12H8ClN. The Bertz CT molecular complexity index is 538. The van der Waals surface area contributed by atoms with Crippen LogP contribution >= 0.6 is 11.6 Å². The molecule has 1 aromatic carbocycles. The topological polar surface area (TPSA) is 12.9 Å². The van der Waals surface area contributed by atoms with Crippen molar-refractivity contribution < 1.29 is 0 Å². The predicted octanol–water partition coefficient (Wildman–Crippen LogP) is 3.18. The molecule has 0 aliphatic heterocycles. The summed E-state index contributed by atoms with van der Waals surface area (Å²) in [5.41, 5.74) is 2.69. The average molecular weight is 202 g/mol. The van der Waals surface area contributed by atoms with Crippen LogP contribution in [-0.4, -0.2) is 4.98 Å². The van der Waals surface area contributed by atoms with Gasteiger partial charge in [0.2, 0.25) is 0 Å². The molecule has 2 aromatic rings. The zero-order chi connectivity index (χ0) is 10.1. The van der Waals surface area contributed by atoms with E-state index in [0.717, 1.165) is 22.0 Å². The summed E-state index contributed by atoms with van der Waals surface area (Å²) in [6, 6.07) is 5.84. The highest BCUT2D eigenvalue weighted by Gasteiger charge is 2.01. The summed E-state index contributed by atoms with van der Waals surface area (Å²) in [5, 5.41) is 1.66. The minimum absolute atomic E-state index is 0.670. The molecule has 1 nitrogen and oxygen atoms in total. The van der Waals surface area contributed by atoms with Gasteiger partial charge >= 0.3 is 0 Å². The van der Waals surface area contributed by atoms with Crippen molar-refractivity contribution in [2.24, 2.45) is 0 Å². The van der Waals surface area contributed by atoms with E-state index in [1.165, 1.54) is 0 Å². The maximum Gasteiger partial charge on any atom is 0.0889 e. The van der Waals surface area contributed by atoms with Crippen LogP contribution in [0, 0.1) is 19.3 Å². The number of hydrogen-bond donors (Lipinski definition) is 0. The number of aryl methyl sites for hydroxylation is 1. The van der Waals surface area contributed by atoms with E-state index in [2.05, 4.69) is 10.9 Å². The second-order valence-corrected chi connectivity index (χ2v) is 3.59. The fourth-order valence-corrected chi connectivity index (χ4v) is 1.76. The van der Waals surface area contributed by atoms with Gasteiger partial charge < -0.3 is 0 Å². The first-order chi connectivity index (χ1) is 6.70. The Morgan fingerprint density at radius 3 is 2.86 bits per heavy atom. The van der Waals surface area contributed by atoms with Gasteiger partial charge in [0, 0.05) is 17.1 Å². The second-order valence-electron chi connectivity index (χ2n) is 3.19. The SMILES string of the molecule is C#Cc1cnc2c(Cl)cc(C)cc2c1. The highest BCUT2D eigenvalue weighted by atomic mass is 35.5. The molecule has 0 aliphatic carbocycles. The van der Waals surface area contributed by atoms with Crippen LogP contribution in [0.1, 0.15) is 11.1 Å². The fourth-order valence-electron chi connectivity index (χ4n) is 1.43. The molecule has 1 heterocycles. The van der Waals surface area contributed by atoms with Crippen LogP contribution in [0.2, 0.25) is 5.02 Å². The summed E-state index contributed by atoms with van der Waals surface area (Å²) >= 11 is 6.04. The van der Waals surface area contributed by atoms with Gasteiger partial charge in [-0.3, -0.25) is 4.98 Å². The first-order valence-corrected chi connectivity index (χ1v) is 4.61. The summed E-state index contributed by atoms with van der Waals surface area (Å²) in [5.74, 6) is 2.55. The number of hydrogen-bond acceptors (Lipinski definition) is 1. The van der Waals surface area contributed by atoms with Gasteiger partial charge in [-0.25, -0.2) is 0 Å². The number of pyridine rings is 1. The van der Waals surface area contributed by atoms with Gasteiger partial charge in [-0.1, -0.05) is 17.5 Å². The summed E-state index contributed by atoms with van der Waals surface area (Å²) in [6.07, 6.45) is 6.95. The number of fused-ring (bicyclic) bond motifs is 1. The quantitative estimate of drug-likeness (QED) is 0.597. The van der Waals surface area contributed by atoms with E-state index in [9.17, 15) is 0 Å². The molecule has 68 valence electrons. The molecule has 0 spiro atoms. The molecule has 14 heavy (non-hydrogen) atoms. The standard InChI is InChI=1S/C12H8ClN/c1-3-9-6-10-4-8(2)5-11(13)12(10)14-7-9/h1,4-7H,2H3. The Hall–Kier alpha value is -1.52. The molecule has 1 aromatic heterocycles. The van der Waals surface area contributed by atoms with Crippen LogP contribution in [-0.2, 0) is 0 Å². The monoisotopic (exact) mass is 201 g/mol. The Labute approximate surface area is 87.7 Å². The van der Waals surface area contributed by atoms with Crippen molar-refractivity contribution in [1.29, 1.82) is 0 Å². The molecule has 0 aliphatic rings. The zero-order valence-corrected chi connectivity index (χ0v) is 8.47. The van der Waals surface area contributed by atoms with E-state index in [1.807, 2.05) is 25.1 Å². The molecular weight excluding hydrogens is 194 g/mol. The third-order valence-electron chi connectivity index (χ3n) is 2.05. The van der Waals surface area contributed by atoms with Crippen LogP contribution in [0.4, 0.5) is 0 Å². The smallest absolute Gasteiger partial charge is 0.0889 e. The van der Waals surface area contributed by atoms with Crippen molar-refractivity contribution in [2.75, 3.05) is 0 Å². The zero-order valence-electron chi connectivity index (χ0n) is 7.71. The summed E-state index contributed by atoms with van der Waals surface area (Å²) in [7, 11) is 0. The summed E-state index contributed by atoms with van der Waals surface area (Å²) in [4.78, 5) is 4.22. The van der Waals surface area contributed by atoms with Crippen LogP contribution in [0.15, 0.2) is 24.4 Å². The number of halogens is 1. The van der Waals surface area contributed by atoms with Crippen LogP contribution in [0.5, 0.6) is 0 Å². The predicted molar refractivity (Wildman–Crippen MR) is 59.4 cm³/mol. The van der Waals surface area contributed by atoms with E-state index in [4.69, 9.17) is 18.0 Å². The van der Waals surface area contributed by atoms with Crippen molar-refractivity contribution in [2.45, 2.75) is 6.92 Å². The fraction of sp³-hybridized carbons (Fsp3) is 0.0833. The van der Waals surface area contributed by atoms with Gasteiger partial charge in [-0.15, -0.1) is 6.42 Å². The summed E-state index contributed by atoms with van der Waals surface area (Å²) < 4.78 is 0. The molecule has 0 atom stereocenters. The first-order valence-electron chi connectivity index (χ1n) is 4.23. The van der Waals surface area contributed by atoms with Crippen molar-refractivity contribution in [3.05, 3.63) is 40.5 Å². The van der Waals surface area contributed by atoms with E-state index >= 15 is 0 Å². The first kappa shape index (κ1) is 9.05. The lowest BCUT2D eigenvalue weighted by Crippen LogP contribution is -1.84. The van der Waals surface area contributed by atoms with Crippen LogP contribution in [0.3, 0.4) is 0 Å². The van der Waals surface area contributed by atoms with Crippen LogP contribution < -0.4 is 0 Å².